The molecule has 4 heteroatoms. The quantitative estimate of drug-likeness (QED) is 0.748. The van der Waals surface area contributed by atoms with Crippen LogP contribution in [0.25, 0.3) is 10.8 Å². The number of nitrogens with zero attached hydrogens (tertiary/aromatic N) is 1. The largest absolute Gasteiger partial charge is 0.388 e. The van der Waals surface area contributed by atoms with Crippen molar-refractivity contribution in [2.45, 2.75) is 19.4 Å². The fourth-order valence-electron chi connectivity index (χ4n) is 2.26. The van der Waals surface area contributed by atoms with Crippen molar-refractivity contribution < 1.29 is 5.11 Å². The zero-order valence-electron chi connectivity index (χ0n) is 11.0. The average Bonchev–Trinajstić information content (AvgIpc) is 2.83. The van der Waals surface area contributed by atoms with E-state index >= 15 is 0 Å². The van der Waals surface area contributed by atoms with Crippen LogP contribution >= 0.6 is 27.3 Å². The minimum absolute atomic E-state index is 0.510. The molecule has 0 aliphatic carbocycles. The first-order valence-electron chi connectivity index (χ1n) is 6.40. The number of hydrogen-bond acceptors (Lipinski definition) is 3. The molecule has 0 fully saturated rings. The summed E-state index contributed by atoms with van der Waals surface area (Å²) >= 11 is 5.09. The topological polar surface area (TPSA) is 33.1 Å². The van der Waals surface area contributed by atoms with E-state index in [1.54, 1.807) is 11.3 Å². The molecule has 3 aromatic rings. The molecule has 0 radical (unpaired) electrons. The number of aliphatic hydroxyl groups excluding tert-OH is 1. The number of aromatic nitrogens is 1. The second-order valence-corrected chi connectivity index (χ2v) is 6.81. The molecule has 0 amide bonds. The van der Waals surface area contributed by atoms with Crippen molar-refractivity contribution in [3.05, 3.63) is 62.5 Å². The van der Waals surface area contributed by atoms with Gasteiger partial charge in [-0.25, -0.2) is 4.98 Å². The van der Waals surface area contributed by atoms with Gasteiger partial charge in [0, 0.05) is 16.3 Å². The third-order valence-corrected chi connectivity index (χ3v) is 4.60. The molecule has 0 aliphatic heterocycles. The highest BCUT2D eigenvalue weighted by Crippen LogP contribution is 2.25. The van der Waals surface area contributed by atoms with Gasteiger partial charge in [0.25, 0.3) is 0 Å². The molecule has 0 saturated heterocycles. The third kappa shape index (κ3) is 2.92. The fraction of sp³-hybridized carbons (Fsp3) is 0.188. The number of benzene rings is 2. The second kappa shape index (κ2) is 5.64. The van der Waals surface area contributed by atoms with Gasteiger partial charge in [-0.3, -0.25) is 0 Å². The van der Waals surface area contributed by atoms with E-state index in [0.29, 0.717) is 6.42 Å². The first-order chi connectivity index (χ1) is 9.61. The minimum atomic E-state index is -0.510. The van der Waals surface area contributed by atoms with Crippen molar-refractivity contribution in [1.29, 1.82) is 0 Å². The van der Waals surface area contributed by atoms with Crippen molar-refractivity contribution in [3.8, 4) is 0 Å². The number of aryl methyl sites for hydroxylation is 1. The summed E-state index contributed by atoms with van der Waals surface area (Å²) in [6, 6.07) is 12.2. The monoisotopic (exact) mass is 347 g/mol. The molecular formula is C16H14BrNOS. The molecule has 1 aromatic heterocycles. The second-order valence-electron chi connectivity index (χ2n) is 4.83. The SMILES string of the molecule is Cc1nc(CC(O)c2ccc3cc(Br)ccc3c2)cs1. The first-order valence-corrected chi connectivity index (χ1v) is 8.07. The van der Waals surface area contributed by atoms with Gasteiger partial charge in [0.15, 0.2) is 0 Å². The van der Waals surface area contributed by atoms with E-state index < -0.39 is 6.10 Å². The Morgan fingerprint density at radius 1 is 1.20 bits per heavy atom. The Labute approximate surface area is 130 Å². The Morgan fingerprint density at radius 3 is 2.70 bits per heavy atom. The summed E-state index contributed by atoms with van der Waals surface area (Å²) in [5.41, 5.74) is 1.89. The van der Waals surface area contributed by atoms with Gasteiger partial charge in [-0.1, -0.05) is 34.1 Å². The van der Waals surface area contributed by atoms with Crippen LogP contribution < -0.4 is 0 Å². The number of hydrogen-bond donors (Lipinski definition) is 1. The summed E-state index contributed by atoms with van der Waals surface area (Å²) in [6.45, 7) is 1.98. The molecule has 3 rings (SSSR count). The first kappa shape index (κ1) is 13.7. The predicted octanol–water partition coefficient (Wildman–Crippen LogP) is 4.64. The van der Waals surface area contributed by atoms with Gasteiger partial charge >= 0.3 is 0 Å². The smallest absolute Gasteiger partial charge is 0.0897 e. The molecule has 1 heterocycles. The molecule has 0 spiro atoms. The van der Waals surface area contributed by atoms with Crippen LogP contribution in [-0.4, -0.2) is 10.1 Å². The fourth-order valence-corrected chi connectivity index (χ4v) is 3.26. The number of rotatable bonds is 3. The lowest BCUT2D eigenvalue weighted by Gasteiger charge is -2.10. The number of aliphatic hydroxyl groups is 1. The molecule has 0 saturated carbocycles. The van der Waals surface area contributed by atoms with Crippen LogP contribution in [0, 0.1) is 6.92 Å². The minimum Gasteiger partial charge on any atom is -0.388 e. The molecule has 20 heavy (non-hydrogen) atoms. The molecule has 102 valence electrons. The van der Waals surface area contributed by atoms with Crippen molar-refractivity contribution in [1.82, 2.24) is 4.98 Å². The van der Waals surface area contributed by atoms with Crippen LogP contribution in [-0.2, 0) is 6.42 Å². The van der Waals surface area contributed by atoms with E-state index in [9.17, 15) is 5.11 Å². The molecule has 0 bridgehead atoms. The van der Waals surface area contributed by atoms with Crippen molar-refractivity contribution in [2.75, 3.05) is 0 Å². The number of fused-ring (bicyclic) bond motifs is 1. The van der Waals surface area contributed by atoms with Crippen LogP contribution in [0.15, 0.2) is 46.3 Å². The van der Waals surface area contributed by atoms with Crippen molar-refractivity contribution >= 4 is 38.0 Å². The summed E-state index contributed by atoms with van der Waals surface area (Å²) in [6.07, 6.45) is 0.0522. The van der Waals surface area contributed by atoms with E-state index in [2.05, 4.69) is 33.0 Å². The molecule has 1 unspecified atom stereocenters. The van der Waals surface area contributed by atoms with E-state index in [1.807, 2.05) is 36.6 Å². The van der Waals surface area contributed by atoms with Crippen LogP contribution in [0.2, 0.25) is 0 Å². The van der Waals surface area contributed by atoms with Crippen LogP contribution in [0.1, 0.15) is 22.4 Å². The molecule has 2 nitrogen and oxygen atoms in total. The van der Waals surface area contributed by atoms with Crippen LogP contribution in [0.5, 0.6) is 0 Å². The summed E-state index contributed by atoms with van der Waals surface area (Å²) in [5.74, 6) is 0. The van der Waals surface area contributed by atoms with E-state index in [-0.39, 0.29) is 0 Å². The Kier molecular flexibility index (Phi) is 3.87. The molecular weight excluding hydrogens is 334 g/mol. The van der Waals surface area contributed by atoms with Crippen LogP contribution in [0.3, 0.4) is 0 Å². The van der Waals surface area contributed by atoms with Gasteiger partial charge in [0.2, 0.25) is 0 Å². The van der Waals surface area contributed by atoms with Gasteiger partial charge in [0.05, 0.1) is 16.8 Å². The standard InChI is InChI=1S/C16H14BrNOS/c1-10-18-15(9-20-10)8-16(19)13-3-2-12-7-14(17)5-4-11(12)6-13/h2-7,9,16,19H,8H2,1H3. The van der Waals surface area contributed by atoms with Gasteiger partial charge in [-0.05, 0) is 41.5 Å². The summed E-state index contributed by atoms with van der Waals surface area (Å²) in [4.78, 5) is 4.40. The lowest BCUT2D eigenvalue weighted by molar-refractivity contribution is 0.177. The van der Waals surface area contributed by atoms with Gasteiger partial charge < -0.3 is 5.11 Å². The Balaban J connectivity index is 1.87. The Morgan fingerprint density at radius 2 is 1.95 bits per heavy atom. The Hall–Kier alpha value is -1.23. The lowest BCUT2D eigenvalue weighted by Crippen LogP contribution is -2.02. The lowest BCUT2D eigenvalue weighted by atomic mass is 10.0. The Bertz CT molecular complexity index is 753. The summed E-state index contributed by atoms with van der Waals surface area (Å²) < 4.78 is 1.07. The van der Waals surface area contributed by atoms with E-state index in [4.69, 9.17) is 0 Å². The van der Waals surface area contributed by atoms with Gasteiger partial charge in [0.1, 0.15) is 0 Å². The number of thiazole rings is 1. The molecule has 0 aliphatic rings. The average molecular weight is 348 g/mol. The highest BCUT2D eigenvalue weighted by molar-refractivity contribution is 9.10. The van der Waals surface area contributed by atoms with E-state index in [1.165, 1.54) is 5.39 Å². The highest BCUT2D eigenvalue weighted by atomic mass is 79.9. The summed E-state index contributed by atoms with van der Waals surface area (Å²) in [7, 11) is 0. The zero-order valence-corrected chi connectivity index (χ0v) is 13.4. The maximum Gasteiger partial charge on any atom is 0.0897 e. The maximum atomic E-state index is 10.4. The normalized spacial score (nSPS) is 12.8. The molecule has 2 aromatic carbocycles. The summed E-state index contributed by atoms with van der Waals surface area (Å²) in [5, 5.41) is 15.7. The van der Waals surface area contributed by atoms with Gasteiger partial charge in [-0.2, -0.15) is 0 Å². The van der Waals surface area contributed by atoms with Gasteiger partial charge in [-0.15, -0.1) is 11.3 Å². The maximum absolute atomic E-state index is 10.4. The molecule has 1 atom stereocenters. The van der Waals surface area contributed by atoms with Crippen molar-refractivity contribution in [2.24, 2.45) is 0 Å². The van der Waals surface area contributed by atoms with Crippen molar-refractivity contribution in [3.63, 3.8) is 0 Å². The number of halogens is 1. The van der Waals surface area contributed by atoms with Crippen LogP contribution in [0.4, 0.5) is 0 Å². The highest BCUT2D eigenvalue weighted by Gasteiger charge is 2.11. The predicted molar refractivity (Wildman–Crippen MR) is 87.2 cm³/mol. The third-order valence-electron chi connectivity index (χ3n) is 3.28. The molecule has 1 N–H and O–H groups in total. The zero-order chi connectivity index (χ0) is 14.1. The van der Waals surface area contributed by atoms with E-state index in [0.717, 1.165) is 26.1 Å².